The smallest absolute Gasteiger partial charge is 0.253 e. The van der Waals surface area contributed by atoms with Crippen LogP contribution in [0.2, 0.25) is 0 Å². The van der Waals surface area contributed by atoms with E-state index in [0.717, 1.165) is 5.56 Å². The Kier molecular flexibility index (Phi) is 4.71. The molecule has 0 amide bonds. The molecule has 0 saturated carbocycles. The van der Waals surface area contributed by atoms with Gasteiger partial charge in [-0.3, -0.25) is 0 Å². The van der Waals surface area contributed by atoms with Crippen LogP contribution in [0.1, 0.15) is 36.1 Å². The maximum absolute atomic E-state index is 9.26. The van der Waals surface area contributed by atoms with Gasteiger partial charge in [-0.2, -0.15) is 5.26 Å². The summed E-state index contributed by atoms with van der Waals surface area (Å²) in [7, 11) is 0. The van der Waals surface area contributed by atoms with E-state index in [-0.39, 0.29) is 0 Å². The number of aromatic nitrogens is 2. The standard InChI is InChI=1S/C17H22N4O/c1-11(2)9-21-16(19)15(8-18)17(20-21)22-10-14-6-5-12(3)13(4)7-14/h5-7,11H,9-10,19H2,1-4H3. The van der Waals surface area contributed by atoms with Gasteiger partial charge in [0.15, 0.2) is 5.56 Å². The molecular formula is C17H22N4O. The molecule has 2 N–H and O–H groups in total. The first-order chi connectivity index (χ1) is 10.4. The highest BCUT2D eigenvalue weighted by molar-refractivity contribution is 5.55. The van der Waals surface area contributed by atoms with Crippen LogP contribution in [-0.2, 0) is 13.2 Å². The largest absolute Gasteiger partial charge is 0.471 e. The molecule has 5 heteroatoms. The first-order valence-corrected chi connectivity index (χ1v) is 7.37. The number of nitrogens with two attached hydrogens (primary N) is 1. The van der Waals surface area contributed by atoms with Gasteiger partial charge in [0.25, 0.3) is 5.88 Å². The van der Waals surface area contributed by atoms with Gasteiger partial charge in [0.05, 0.1) is 0 Å². The second kappa shape index (κ2) is 6.52. The molecule has 0 radical (unpaired) electrons. The Morgan fingerprint density at radius 1 is 1.32 bits per heavy atom. The molecule has 1 aromatic heterocycles. The summed E-state index contributed by atoms with van der Waals surface area (Å²) in [6, 6.07) is 8.24. The zero-order valence-corrected chi connectivity index (χ0v) is 13.6. The van der Waals surface area contributed by atoms with Crippen molar-refractivity contribution in [1.82, 2.24) is 9.78 Å². The fourth-order valence-electron chi connectivity index (χ4n) is 2.19. The van der Waals surface area contributed by atoms with Gasteiger partial charge in [0, 0.05) is 6.54 Å². The Morgan fingerprint density at radius 3 is 2.64 bits per heavy atom. The van der Waals surface area contributed by atoms with Crippen LogP contribution in [0.3, 0.4) is 0 Å². The lowest BCUT2D eigenvalue weighted by molar-refractivity contribution is 0.287. The van der Waals surface area contributed by atoms with Crippen molar-refractivity contribution in [2.75, 3.05) is 5.73 Å². The molecule has 5 nitrogen and oxygen atoms in total. The number of hydrogen-bond donors (Lipinski definition) is 1. The van der Waals surface area contributed by atoms with Crippen molar-refractivity contribution >= 4 is 5.82 Å². The Bertz CT molecular complexity index is 710. The quantitative estimate of drug-likeness (QED) is 0.919. The van der Waals surface area contributed by atoms with E-state index in [1.165, 1.54) is 11.1 Å². The number of ether oxygens (including phenoxy) is 1. The molecule has 0 atom stereocenters. The lowest BCUT2D eigenvalue weighted by atomic mass is 10.1. The monoisotopic (exact) mass is 298 g/mol. The van der Waals surface area contributed by atoms with Crippen LogP contribution in [0.15, 0.2) is 18.2 Å². The van der Waals surface area contributed by atoms with Crippen LogP contribution >= 0.6 is 0 Å². The van der Waals surface area contributed by atoms with Crippen molar-refractivity contribution in [2.24, 2.45) is 5.92 Å². The molecule has 1 aromatic carbocycles. The molecule has 0 saturated heterocycles. The van der Waals surface area contributed by atoms with Gasteiger partial charge in [-0.25, -0.2) is 4.68 Å². The molecule has 0 bridgehead atoms. The Morgan fingerprint density at radius 2 is 2.05 bits per heavy atom. The third-order valence-electron chi connectivity index (χ3n) is 3.56. The molecular weight excluding hydrogens is 276 g/mol. The summed E-state index contributed by atoms with van der Waals surface area (Å²) in [5.74, 6) is 1.06. The molecule has 0 aliphatic rings. The molecule has 2 rings (SSSR count). The minimum Gasteiger partial charge on any atom is -0.471 e. The van der Waals surface area contributed by atoms with Gasteiger partial charge in [0.1, 0.15) is 18.5 Å². The van der Waals surface area contributed by atoms with Gasteiger partial charge in [-0.15, -0.1) is 5.10 Å². The molecule has 0 unspecified atom stereocenters. The lowest BCUT2D eigenvalue weighted by Crippen LogP contribution is -2.09. The number of nitrogen functional groups attached to an aromatic ring is 1. The number of nitrogens with zero attached hydrogens (tertiary/aromatic N) is 3. The molecule has 2 aromatic rings. The average molecular weight is 298 g/mol. The summed E-state index contributed by atoms with van der Waals surface area (Å²) in [6.45, 7) is 9.31. The summed E-state index contributed by atoms with van der Waals surface area (Å²) in [5, 5.41) is 13.6. The highest BCUT2D eigenvalue weighted by Crippen LogP contribution is 2.24. The number of benzene rings is 1. The predicted molar refractivity (Wildman–Crippen MR) is 86.4 cm³/mol. The first-order valence-electron chi connectivity index (χ1n) is 7.37. The SMILES string of the molecule is Cc1ccc(COc2nn(CC(C)C)c(N)c2C#N)cc1C. The molecule has 116 valence electrons. The second-order valence-electron chi connectivity index (χ2n) is 5.96. The van der Waals surface area contributed by atoms with E-state index in [1.54, 1.807) is 4.68 Å². The van der Waals surface area contributed by atoms with Crippen LogP contribution in [-0.4, -0.2) is 9.78 Å². The van der Waals surface area contributed by atoms with E-state index in [4.69, 9.17) is 10.5 Å². The summed E-state index contributed by atoms with van der Waals surface area (Å²) in [6.07, 6.45) is 0. The summed E-state index contributed by atoms with van der Waals surface area (Å²) in [5.41, 5.74) is 9.79. The van der Waals surface area contributed by atoms with Crippen molar-refractivity contribution in [2.45, 2.75) is 40.8 Å². The Balaban J connectivity index is 2.18. The van der Waals surface area contributed by atoms with Crippen LogP contribution < -0.4 is 10.5 Å². The zero-order chi connectivity index (χ0) is 16.3. The maximum Gasteiger partial charge on any atom is 0.253 e. The van der Waals surface area contributed by atoms with Crippen molar-refractivity contribution < 1.29 is 4.74 Å². The maximum atomic E-state index is 9.26. The minimum absolute atomic E-state index is 0.305. The minimum atomic E-state index is 0.305. The summed E-state index contributed by atoms with van der Waals surface area (Å²) >= 11 is 0. The van der Waals surface area contributed by atoms with Crippen molar-refractivity contribution in [3.63, 3.8) is 0 Å². The molecule has 22 heavy (non-hydrogen) atoms. The Hall–Kier alpha value is -2.48. The van der Waals surface area contributed by atoms with E-state index in [9.17, 15) is 5.26 Å². The fraction of sp³-hybridized carbons (Fsp3) is 0.412. The van der Waals surface area contributed by atoms with Crippen molar-refractivity contribution in [3.8, 4) is 11.9 Å². The zero-order valence-electron chi connectivity index (χ0n) is 13.6. The van der Waals surface area contributed by atoms with Crippen LogP contribution in [0, 0.1) is 31.1 Å². The number of rotatable bonds is 5. The van der Waals surface area contributed by atoms with Crippen LogP contribution in [0.5, 0.6) is 5.88 Å². The highest BCUT2D eigenvalue weighted by Gasteiger charge is 2.17. The van der Waals surface area contributed by atoms with E-state index in [1.807, 2.05) is 6.07 Å². The highest BCUT2D eigenvalue weighted by atomic mass is 16.5. The van der Waals surface area contributed by atoms with Gasteiger partial charge >= 0.3 is 0 Å². The third-order valence-corrected chi connectivity index (χ3v) is 3.56. The normalized spacial score (nSPS) is 10.7. The number of anilines is 1. The molecule has 0 aliphatic heterocycles. The van der Waals surface area contributed by atoms with Gasteiger partial charge in [-0.05, 0) is 36.5 Å². The van der Waals surface area contributed by atoms with E-state index >= 15 is 0 Å². The van der Waals surface area contributed by atoms with Crippen LogP contribution in [0.4, 0.5) is 5.82 Å². The van der Waals surface area contributed by atoms with Gasteiger partial charge in [-0.1, -0.05) is 32.0 Å². The summed E-state index contributed by atoms with van der Waals surface area (Å²) < 4.78 is 7.36. The van der Waals surface area contributed by atoms with E-state index in [0.29, 0.717) is 36.3 Å². The number of nitriles is 1. The average Bonchev–Trinajstić information content (AvgIpc) is 2.75. The summed E-state index contributed by atoms with van der Waals surface area (Å²) in [4.78, 5) is 0. The van der Waals surface area contributed by atoms with Crippen molar-refractivity contribution in [3.05, 3.63) is 40.5 Å². The van der Waals surface area contributed by atoms with Gasteiger partial charge in [0.2, 0.25) is 0 Å². The van der Waals surface area contributed by atoms with E-state index in [2.05, 4.69) is 51.0 Å². The molecule has 0 spiro atoms. The lowest BCUT2D eigenvalue weighted by Gasteiger charge is -2.07. The topological polar surface area (TPSA) is 76.9 Å². The molecule has 1 heterocycles. The fourth-order valence-corrected chi connectivity index (χ4v) is 2.19. The second-order valence-corrected chi connectivity index (χ2v) is 5.96. The van der Waals surface area contributed by atoms with Crippen molar-refractivity contribution in [1.29, 1.82) is 5.26 Å². The first kappa shape index (κ1) is 15.9. The Labute approximate surface area is 131 Å². The molecule has 0 aliphatic carbocycles. The number of hydrogen-bond acceptors (Lipinski definition) is 4. The third kappa shape index (κ3) is 3.40. The molecule has 0 fully saturated rings. The number of aryl methyl sites for hydroxylation is 2. The van der Waals surface area contributed by atoms with Gasteiger partial charge < -0.3 is 10.5 Å². The predicted octanol–water partition coefficient (Wildman–Crippen LogP) is 3.19. The van der Waals surface area contributed by atoms with E-state index < -0.39 is 0 Å². The van der Waals surface area contributed by atoms with Crippen LogP contribution in [0.25, 0.3) is 0 Å².